The molecule has 0 bridgehead atoms. The second kappa shape index (κ2) is 7.88. The van der Waals surface area contributed by atoms with Gasteiger partial charge in [0.05, 0.1) is 6.61 Å². The van der Waals surface area contributed by atoms with Crippen molar-refractivity contribution >= 4 is 0 Å². The van der Waals surface area contributed by atoms with Crippen LogP contribution >= 0.6 is 0 Å². The predicted molar refractivity (Wildman–Crippen MR) is 35.4 cm³/mol. The maximum absolute atomic E-state index is 4.62. The molecule has 0 atom stereocenters. The van der Waals surface area contributed by atoms with Gasteiger partial charge in [0.2, 0.25) is 0 Å². The van der Waals surface area contributed by atoms with Crippen LogP contribution in [0.15, 0.2) is 0 Å². The molecule has 0 unspecified atom stereocenters. The van der Waals surface area contributed by atoms with E-state index < -0.39 is 0 Å². The average molecular weight is 133 g/mol. The first-order valence-electron chi connectivity index (χ1n) is 3.40. The van der Waals surface area contributed by atoms with E-state index in [1.54, 1.807) is 0 Å². The van der Waals surface area contributed by atoms with Crippen LogP contribution in [0.4, 0.5) is 0 Å². The Labute approximate surface area is 56.0 Å². The van der Waals surface area contributed by atoms with Gasteiger partial charge in [-0.05, 0) is 6.42 Å². The lowest BCUT2D eigenvalue weighted by Gasteiger charge is -1.96. The number of nitrogens with two attached hydrogens (primary N) is 1. The van der Waals surface area contributed by atoms with Crippen LogP contribution in [-0.2, 0) is 9.88 Å². The topological polar surface area (TPSA) is 44.5 Å². The van der Waals surface area contributed by atoms with E-state index in [1.807, 2.05) is 0 Å². The van der Waals surface area contributed by atoms with Crippen molar-refractivity contribution in [2.45, 2.75) is 32.6 Å². The lowest BCUT2D eigenvalue weighted by molar-refractivity contribution is -0.299. The first kappa shape index (κ1) is 8.88. The van der Waals surface area contributed by atoms with E-state index >= 15 is 0 Å². The van der Waals surface area contributed by atoms with E-state index in [4.69, 9.17) is 0 Å². The van der Waals surface area contributed by atoms with Crippen molar-refractivity contribution in [3.05, 3.63) is 0 Å². The van der Waals surface area contributed by atoms with Crippen LogP contribution in [-0.4, -0.2) is 6.61 Å². The molecule has 0 heterocycles. The van der Waals surface area contributed by atoms with Crippen molar-refractivity contribution in [2.75, 3.05) is 6.61 Å². The normalized spacial score (nSPS) is 10.0. The second-order valence-corrected chi connectivity index (χ2v) is 1.98. The van der Waals surface area contributed by atoms with Crippen molar-refractivity contribution in [1.29, 1.82) is 0 Å². The molecule has 0 aromatic heterocycles. The highest BCUT2D eigenvalue weighted by Gasteiger charge is 1.86. The van der Waals surface area contributed by atoms with Crippen molar-refractivity contribution in [1.82, 2.24) is 0 Å². The monoisotopic (exact) mass is 133 g/mol. The van der Waals surface area contributed by atoms with E-state index in [0.717, 1.165) is 6.42 Å². The standard InChI is InChI=1S/C6H15NO2/c1-2-3-4-5-6-8-9-7/h2-7H2,1H3. The fourth-order valence-electron chi connectivity index (χ4n) is 0.636. The molecule has 0 aromatic rings. The highest BCUT2D eigenvalue weighted by atomic mass is 17.3. The van der Waals surface area contributed by atoms with Crippen molar-refractivity contribution in [3.8, 4) is 0 Å². The molecular formula is C6H15NO2. The highest BCUT2D eigenvalue weighted by molar-refractivity contribution is 4.36. The quantitative estimate of drug-likeness (QED) is 0.338. The Balaban J connectivity index is 2.60. The molecule has 9 heavy (non-hydrogen) atoms. The third-order valence-electron chi connectivity index (χ3n) is 1.15. The molecule has 0 saturated heterocycles. The van der Waals surface area contributed by atoms with Gasteiger partial charge in [-0.2, -0.15) is 5.90 Å². The Bertz CT molecular complexity index is 44.3. The van der Waals surface area contributed by atoms with Gasteiger partial charge in [0.15, 0.2) is 0 Å². The summed E-state index contributed by atoms with van der Waals surface area (Å²) in [6, 6.07) is 0. The fourth-order valence-corrected chi connectivity index (χ4v) is 0.636. The van der Waals surface area contributed by atoms with Gasteiger partial charge in [0.1, 0.15) is 0 Å². The van der Waals surface area contributed by atoms with Gasteiger partial charge in [-0.1, -0.05) is 26.2 Å². The predicted octanol–water partition coefficient (Wildman–Crippen LogP) is 1.39. The Kier molecular flexibility index (Phi) is 7.77. The van der Waals surface area contributed by atoms with E-state index in [1.165, 1.54) is 19.3 Å². The zero-order valence-corrected chi connectivity index (χ0v) is 5.93. The molecule has 56 valence electrons. The molecule has 0 saturated carbocycles. The van der Waals surface area contributed by atoms with Crippen LogP contribution in [0.2, 0.25) is 0 Å². The van der Waals surface area contributed by atoms with Gasteiger partial charge in [-0.3, -0.25) is 0 Å². The summed E-state index contributed by atoms with van der Waals surface area (Å²) < 4.78 is 0. The van der Waals surface area contributed by atoms with Crippen LogP contribution in [0.1, 0.15) is 32.6 Å². The molecule has 0 aromatic carbocycles. The third-order valence-corrected chi connectivity index (χ3v) is 1.15. The zero-order valence-electron chi connectivity index (χ0n) is 5.93. The van der Waals surface area contributed by atoms with Gasteiger partial charge in [0, 0.05) is 0 Å². The van der Waals surface area contributed by atoms with E-state index in [0.29, 0.717) is 6.61 Å². The van der Waals surface area contributed by atoms with Gasteiger partial charge in [-0.15, -0.1) is 4.99 Å². The SMILES string of the molecule is CCCCCCOON. The first-order valence-corrected chi connectivity index (χ1v) is 3.40. The molecule has 0 spiro atoms. The minimum atomic E-state index is 0.608. The van der Waals surface area contributed by atoms with Crippen molar-refractivity contribution in [3.63, 3.8) is 0 Å². The minimum absolute atomic E-state index is 0.608. The first-order chi connectivity index (χ1) is 4.41. The largest absolute Gasteiger partial charge is 0.218 e. The number of rotatable bonds is 6. The van der Waals surface area contributed by atoms with Crippen LogP contribution in [0.25, 0.3) is 0 Å². The lowest BCUT2D eigenvalue weighted by atomic mass is 10.2. The fraction of sp³-hybridized carbons (Fsp3) is 1.00. The molecule has 0 aliphatic rings. The molecule has 3 heteroatoms. The molecule has 0 amide bonds. The van der Waals surface area contributed by atoms with Gasteiger partial charge >= 0.3 is 0 Å². The van der Waals surface area contributed by atoms with E-state index in [9.17, 15) is 0 Å². The molecule has 3 nitrogen and oxygen atoms in total. The summed E-state index contributed by atoms with van der Waals surface area (Å²) in [4.78, 5) is 8.38. The smallest absolute Gasteiger partial charge is 0.0842 e. The summed E-state index contributed by atoms with van der Waals surface area (Å²) >= 11 is 0. The number of hydrogen-bond acceptors (Lipinski definition) is 3. The maximum Gasteiger partial charge on any atom is 0.0842 e. The molecule has 2 N–H and O–H groups in total. The summed E-state index contributed by atoms with van der Waals surface area (Å²) in [7, 11) is 0. The van der Waals surface area contributed by atoms with Crippen molar-refractivity contribution in [2.24, 2.45) is 5.90 Å². The summed E-state index contributed by atoms with van der Waals surface area (Å²) in [5.41, 5.74) is 0. The van der Waals surface area contributed by atoms with Crippen LogP contribution in [0.3, 0.4) is 0 Å². The second-order valence-electron chi connectivity index (χ2n) is 1.98. The summed E-state index contributed by atoms with van der Waals surface area (Å²) in [5.74, 6) is 4.62. The van der Waals surface area contributed by atoms with Crippen LogP contribution in [0.5, 0.6) is 0 Å². The number of hydrogen-bond donors (Lipinski definition) is 1. The van der Waals surface area contributed by atoms with E-state index in [2.05, 4.69) is 22.7 Å². The summed E-state index contributed by atoms with van der Waals surface area (Å²) in [6.45, 7) is 2.77. The Morgan fingerprint density at radius 3 is 2.56 bits per heavy atom. The summed E-state index contributed by atoms with van der Waals surface area (Å²) in [6.07, 6.45) is 4.72. The third kappa shape index (κ3) is 7.88. The molecule has 0 rings (SSSR count). The molecule has 0 fully saturated rings. The summed E-state index contributed by atoms with van der Waals surface area (Å²) in [5, 5.41) is 0. The Morgan fingerprint density at radius 2 is 2.00 bits per heavy atom. The Morgan fingerprint density at radius 1 is 1.22 bits per heavy atom. The number of unbranched alkanes of at least 4 members (excludes halogenated alkanes) is 3. The minimum Gasteiger partial charge on any atom is -0.218 e. The van der Waals surface area contributed by atoms with Crippen molar-refractivity contribution < 1.29 is 9.88 Å². The van der Waals surface area contributed by atoms with E-state index in [-0.39, 0.29) is 0 Å². The maximum atomic E-state index is 4.62. The molecule has 0 aliphatic carbocycles. The molecule has 0 aliphatic heterocycles. The lowest BCUT2D eigenvalue weighted by Crippen LogP contribution is -2.01. The zero-order chi connectivity index (χ0) is 6.95. The molecular weight excluding hydrogens is 118 g/mol. The van der Waals surface area contributed by atoms with Gasteiger partial charge in [0.25, 0.3) is 0 Å². The van der Waals surface area contributed by atoms with Crippen LogP contribution < -0.4 is 5.90 Å². The Hall–Kier alpha value is -0.120. The van der Waals surface area contributed by atoms with Crippen LogP contribution in [0, 0.1) is 0 Å². The van der Waals surface area contributed by atoms with Gasteiger partial charge < -0.3 is 0 Å². The average Bonchev–Trinajstić information content (AvgIpc) is 1.89. The van der Waals surface area contributed by atoms with Gasteiger partial charge in [-0.25, -0.2) is 4.89 Å². The molecule has 0 radical (unpaired) electrons. The highest BCUT2D eigenvalue weighted by Crippen LogP contribution is 1.97.